The van der Waals surface area contributed by atoms with Crippen LogP contribution in [-0.2, 0) is 13.1 Å². The Labute approximate surface area is 145 Å². The van der Waals surface area contributed by atoms with Crippen molar-refractivity contribution >= 4 is 17.3 Å². The molecule has 0 amide bonds. The van der Waals surface area contributed by atoms with Crippen LogP contribution in [0.5, 0.6) is 0 Å². The number of pyridine rings is 1. The summed E-state index contributed by atoms with van der Waals surface area (Å²) in [6.45, 7) is 1.25. The molecule has 3 rings (SSSR count). The van der Waals surface area contributed by atoms with E-state index in [0.29, 0.717) is 18.9 Å². The summed E-state index contributed by atoms with van der Waals surface area (Å²) in [4.78, 5) is 16.7. The number of anilines is 2. The zero-order chi connectivity index (χ0) is 17.6. The van der Waals surface area contributed by atoms with Gasteiger partial charge in [0.15, 0.2) is 0 Å². The number of benzene rings is 2. The topological polar surface area (TPSA) is 85.3 Å². The molecule has 0 aliphatic rings. The predicted molar refractivity (Wildman–Crippen MR) is 98.1 cm³/mol. The summed E-state index contributed by atoms with van der Waals surface area (Å²) in [5.41, 5.74) is 7.83. The second-order valence-electron chi connectivity index (χ2n) is 5.66. The van der Waals surface area contributed by atoms with E-state index in [1.807, 2.05) is 65.6 Å². The van der Waals surface area contributed by atoms with Gasteiger partial charge in [0.1, 0.15) is 5.82 Å². The molecular formula is C19H18N4O2. The van der Waals surface area contributed by atoms with Gasteiger partial charge in [0.05, 0.1) is 4.92 Å². The fourth-order valence-electron chi connectivity index (χ4n) is 2.61. The molecule has 0 aliphatic carbocycles. The van der Waals surface area contributed by atoms with Crippen molar-refractivity contribution in [3.05, 3.63) is 94.0 Å². The quantitative estimate of drug-likeness (QED) is 0.548. The van der Waals surface area contributed by atoms with Gasteiger partial charge in [-0.1, -0.05) is 60.7 Å². The van der Waals surface area contributed by atoms with Gasteiger partial charge in [0.2, 0.25) is 5.82 Å². The van der Waals surface area contributed by atoms with Gasteiger partial charge in [0, 0.05) is 19.2 Å². The molecule has 1 heterocycles. The number of aromatic nitrogens is 1. The number of nitrogens with two attached hydrogens (primary N) is 1. The molecule has 3 aromatic rings. The summed E-state index contributed by atoms with van der Waals surface area (Å²) in [6, 6.07) is 23.0. The Morgan fingerprint density at radius 2 is 1.40 bits per heavy atom. The molecule has 1 aromatic heterocycles. The van der Waals surface area contributed by atoms with Crippen LogP contribution in [0.2, 0.25) is 0 Å². The average molecular weight is 334 g/mol. The summed E-state index contributed by atoms with van der Waals surface area (Å²) in [5.74, 6) is 0.532. The van der Waals surface area contributed by atoms with Crippen molar-refractivity contribution in [1.29, 1.82) is 0 Å². The van der Waals surface area contributed by atoms with Gasteiger partial charge >= 0.3 is 5.69 Å². The molecule has 0 bridgehead atoms. The van der Waals surface area contributed by atoms with Crippen LogP contribution in [0.25, 0.3) is 0 Å². The molecule has 0 fully saturated rings. The number of nitrogen functional groups attached to an aromatic ring is 1. The smallest absolute Gasteiger partial charge is 0.311 e. The summed E-state index contributed by atoms with van der Waals surface area (Å²) in [6.07, 6.45) is 0. The molecule has 6 nitrogen and oxygen atoms in total. The van der Waals surface area contributed by atoms with Crippen LogP contribution in [0.1, 0.15) is 11.1 Å². The van der Waals surface area contributed by atoms with Crippen molar-refractivity contribution in [2.24, 2.45) is 0 Å². The molecule has 0 unspecified atom stereocenters. The second kappa shape index (κ2) is 7.44. The Bertz CT molecular complexity index is 812. The number of hydrogen-bond donors (Lipinski definition) is 1. The van der Waals surface area contributed by atoms with Crippen molar-refractivity contribution in [2.75, 3.05) is 10.6 Å². The average Bonchev–Trinajstić information content (AvgIpc) is 2.62. The highest BCUT2D eigenvalue weighted by atomic mass is 16.6. The summed E-state index contributed by atoms with van der Waals surface area (Å²) >= 11 is 0. The van der Waals surface area contributed by atoms with E-state index in [1.54, 1.807) is 6.07 Å². The van der Waals surface area contributed by atoms with E-state index in [4.69, 9.17) is 5.73 Å². The lowest BCUT2D eigenvalue weighted by Gasteiger charge is -2.24. The molecule has 0 radical (unpaired) electrons. The largest absolute Gasteiger partial charge is 0.378 e. The number of nitro groups is 1. The lowest BCUT2D eigenvalue weighted by Crippen LogP contribution is -2.23. The van der Waals surface area contributed by atoms with E-state index in [-0.39, 0.29) is 11.5 Å². The standard InChI is InChI=1S/C19H18N4O2/c20-19-17(23(24)25)11-12-18(21-19)22(13-15-7-3-1-4-8-15)14-16-9-5-2-6-10-16/h1-12H,13-14H2,(H2,20,21). The molecule has 0 atom stereocenters. The lowest BCUT2D eigenvalue weighted by atomic mass is 10.1. The van der Waals surface area contributed by atoms with Crippen LogP contribution in [-0.4, -0.2) is 9.91 Å². The Balaban J connectivity index is 1.92. The summed E-state index contributed by atoms with van der Waals surface area (Å²) in [5, 5.41) is 11.0. The minimum absolute atomic E-state index is 0.0753. The van der Waals surface area contributed by atoms with Crippen molar-refractivity contribution < 1.29 is 4.92 Å². The molecule has 0 saturated carbocycles. The fraction of sp³-hybridized carbons (Fsp3) is 0.105. The van der Waals surface area contributed by atoms with Crippen LogP contribution < -0.4 is 10.6 Å². The van der Waals surface area contributed by atoms with Crippen molar-refractivity contribution in [3.63, 3.8) is 0 Å². The highest BCUT2D eigenvalue weighted by molar-refractivity contribution is 5.58. The third kappa shape index (κ3) is 4.11. The van der Waals surface area contributed by atoms with Gasteiger partial charge < -0.3 is 10.6 Å². The first-order valence-electron chi connectivity index (χ1n) is 7.87. The Kier molecular flexibility index (Phi) is 4.89. The maximum absolute atomic E-state index is 11.0. The van der Waals surface area contributed by atoms with Crippen LogP contribution in [0.3, 0.4) is 0 Å². The Hall–Kier alpha value is -3.41. The molecule has 0 spiro atoms. The highest BCUT2D eigenvalue weighted by Crippen LogP contribution is 2.25. The monoisotopic (exact) mass is 334 g/mol. The Morgan fingerprint density at radius 1 is 0.880 bits per heavy atom. The fourth-order valence-corrected chi connectivity index (χ4v) is 2.61. The van der Waals surface area contributed by atoms with Crippen LogP contribution in [0.4, 0.5) is 17.3 Å². The molecule has 0 saturated heterocycles. The van der Waals surface area contributed by atoms with Gasteiger partial charge in [-0.05, 0) is 17.2 Å². The SMILES string of the molecule is Nc1nc(N(Cc2ccccc2)Cc2ccccc2)ccc1[N+](=O)[O-]. The van der Waals surface area contributed by atoms with Gasteiger partial charge in [-0.25, -0.2) is 4.98 Å². The van der Waals surface area contributed by atoms with E-state index in [0.717, 1.165) is 11.1 Å². The molecule has 2 N–H and O–H groups in total. The predicted octanol–water partition coefficient (Wildman–Crippen LogP) is 3.78. The minimum Gasteiger partial charge on any atom is -0.378 e. The maximum Gasteiger partial charge on any atom is 0.311 e. The molecule has 2 aromatic carbocycles. The number of hydrogen-bond acceptors (Lipinski definition) is 5. The lowest BCUT2D eigenvalue weighted by molar-refractivity contribution is -0.384. The van der Waals surface area contributed by atoms with Gasteiger partial charge in [-0.3, -0.25) is 10.1 Å². The summed E-state index contributed by atoms with van der Waals surface area (Å²) < 4.78 is 0. The Morgan fingerprint density at radius 3 is 1.84 bits per heavy atom. The van der Waals surface area contributed by atoms with E-state index in [1.165, 1.54) is 6.07 Å². The highest BCUT2D eigenvalue weighted by Gasteiger charge is 2.16. The first-order valence-corrected chi connectivity index (χ1v) is 7.87. The van der Waals surface area contributed by atoms with Crippen molar-refractivity contribution in [2.45, 2.75) is 13.1 Å². The zero-order valence-electron chi connectivity index (χ0n) is 13.6. The van der Waals surface area contributed by atoms with E-state index in [2.05, 4.69) is 4.98 Å². The third-order valence-electron chi connectivity index (χ3n) is 3.84. The first-order chi connectivity index (χ1) is 12.1. The summed E-state index contributed by atoms with van der Waals surface area (Å²) in [7, 11) is 0. The third-order valence-corrected chi connectivity index (χ3v) is 3.84. The van der Waals surface area contributed by atoms with Gasteiger partial charge in [0.25, 0.3) is 0 Å². The van der Waals surface area contributed by atoms with Gasteiger partial charge in [-0.2, -0.15) is 0 Å². The van der Waals surface area contributed by atoms with Crippen LogP contribution >= 0.6 is 0 Å². The van der Waals surface area contributed by atoms with E-state index >= 15 is 0 Å². The zero-order valence-corrected chi connectivity index (χ0v) is 13.6. The normalized spacial score (nSPS) is 10.4. The molecule has 0 aliphatic heterocycles. The van der Waals surface area contributed by atoms with Crippen molar-refractivity contribution in [3.8, 4) is 0 Å². The molecular weight excluding hydrogens is 316 g/mol. The van der Waals surface area contributed by atoms with Crippen LogP contribution in [0, 0.1) is 10.1 Å². The second-order valence-corrected chi connectivity index (χ2v) is 5.66. The van der Waals surface area contributed by atoms with E-state index < -0.39 is 4.92 Å². The van der Waals surface area contributed by atoms with Gasteiger partial charge in [-0.15, -0.1) is 0 Å². The number of nitrogens with zero attached hydrogens (tertiary/aromatic N) is 3. The molecule has 25 heavy (non-hydrogen) atoms. The van der Waals surface area contributed by atoms with Crippen LogP contribution in [0.15, 0.2) is 72.8 Å². The first kappa shape index (κ1) is 16.4. The van der Waals surface area contributed by atoms with E-state index in [9.17, 15) is 10.1 Å². The molecule has 6 heteroatoms. The maximum atomic E-state index is 11.0. The minimum atomic E-state index is -0.523. The van der Waals surface area contributed by atoms with Crippen molar-refractivity contribution in [1.82, 2.24) is 4.98 Å². The number of rotatable bonds is 6. The molecule has 126 valence electrons.